The van der Waals surface area contributed by atoms with Gasteiger partial charge in [0.15, 0.2) is 0 Å². The van der Waals surface area contributed by atoms with E-state index in [2.05, 4.69) is 0 Å². The van der Waals surface area contributed by atoms with E-state index in [0.29, 0.717) is 6.42 Å². The topological polar surface area (TPSA) is 38.3 Å². The first kappa shape index (κ1) is 22.9. The highest BCUT2D eigenvalue weighted by molar-refractivity contribution is 5.97. The van der Waals surface area contributed by atoms with Crippen LogP contribution in [0.25, 0.3) is 0 Å². The van der Waals surface area contributed by atoms with Gasteiger partial charge in [-0.25, -0.2) is 0 Å². The lowest BCUT2D eigenvalue weighted by atomic mass is 9.84. The van der Waals surface area contributed by atoms with Crippen LogP contribution in [0.5, 0.6) is 5.75 Å². The Kier molecular flexibility index (Phi) is 6.66. The first-order valence-corrected chi connectivity index (χ1v) is 7.43. The maximum atomic E-state index is 12.8. The van der Waals surface area contributed by atoms with Gasteiger partial charge in [-0.1, -0.05) is 13.3 Å². The third kappa shape index (κ3) is 4.59. The number of anilines is 1. The first-order chi connectivity index (χ1) is 12.2. The average Bonchev–Trinajstić information content (AvgIpc) is 2.45. The van der Waals surface area contributed by atoms with Gasteiger partial charge in [-0.2, -0.15) is 39.5 Å². The van der Waals surface area contributed by atoms with Crippen molar-refractivity contribution in [3.63, 3.8) is 0 Å². The molecule has 0 fully saturated rings. The fraction of sp³-hybridized carbons (Fsp3) is 0.533. The Hall–Kier alpha value is -2.14. The predicted molar refractivity (Wildman–Crippen MR) is 76.1 cm³/mol. The van der Waals surface area contributed by atoms with Gasteiger partial charge in [-0.3, -0.25) is 4.79 Å². The molecule has 1 N–H and O–H groups in total. The lowest BCUT2D eigenvalue weighted by Crippen LogP contribution is -2.65. The standard InChI is InChI=1S/C15H14F9NO2/c1-2-3-8-27-10-6-4-9(5-7-10)25-11(26)12(13(16,17)18,14(19,20)21)15(22,23)24/h4-7H,2-3,8H2,1H3,(H,25,26). The minimum absolute atomic E-state index is 0.176. The average molecular weight is 411 g/mol. The molecule has 1 amide bonds. The molecule has 0 saturated heterocycles. The monoisotopic (exact) mass is 411 g/mol. The number of unbranched alkanes of at least 4 members (excludes halogenated alkanes) is 1. The minimum atomic E-state index is -6.96. The highest BCUT2D eigenvalue weighted by Gasteiger charge is 2.88. The van der Waals surface area contributed by atoms with Gasteiger partial charge in [0.2, 0.25) is 0 Å². The number of benzene rings is 1. The summed E-state index contributed by atoms with van der Waals surface area (Å²) in [6, 6.07) is 3.82. The maximum absolute atomic E-state index is 12.8. The highest BCUT2D eigenvalue weighted by atomic mass is 19.4. The molecular formula is C15H14F9NO2. The number of carbonyl (C=O) groups excluding carboxylic acids is 1. The van der Waals surface area contributed by atoms with Crippen molar-refractivity contribution in [2.75, 3.05) is 11.9 Å². The zero-order chi connectivity index (χ0) is 21.1. The molecule has 3 nitrogen and oxygen atoms in total. The third-order valence-electron chi connectivity index (χ3n) is 3.50. The number of rotatable bonds is 6. The van der Waals surface area contributed by atoms with Crippen molar-refractivity contribution in [2.45, 2.75) is 38.3 Å². The number of carbonyl (C=O) groups is 1. The van der Waals surface area contributed by atoms with Crippen molar-refractivity contribution in [2.24, 2.45) is 5.41 Å². The third-order valence-corrected chi connectivity index (χ3v) is 3.50. The summed E-state index contributed by atoms with van der Waals surface area (Å²) < 4.78 is 121. The Morgan fingerprint density at radius 1 is 0.889 bits per heavy atom. The van der Waals surface area contributed by atoms with Crippen LogP contribution in [0.1, 0.15) is 19.8 Å². The van der Waals surface area contributed by atoms with E-state index < -0.39 is 35.5 Å². The molecule has 0 heterocycles. The van der Waals surface area contributed by atoms with Crippen LogP contribution < -0.4 is 10.1 Å². The molecule has 0 aliphatic heterocycles. The Balaban J connectivity index is 3.18. The summed E-state index contributed by atoms with van der Waals surface area (Å²) in [6.45, 7) is 2.15. The van der Waals surface area contributed by atoms with E-state index in [1.54, 1.807) is 0 Å². The van der Waals surface area contributed by atoms with Crippen molar-refractivity contribution < 1.29 is 49.0 Å². The quantitative estimate of drug-likeness (QED) is 0.498. The predicted octanol–water partition coefficient (Wildman–Crippen LogP) is 5.48. The van der Waals surface area contributed by atoms with Crippen LogP contribution in [0.2, 0.25) is 0 Å². The van der Waals surface area contributed by atoms with Gasteiger partial charge >= 0.3 is 23.9 Å². The van der Waals surface area contributed by atoms with Gasteiger partial charge in [0.1, 0.15) is 5.75 Å². The molecule has 0 aliphatic rings. The van der Waals surface area contributed by atoms with Crippen molar-refractivity contribution in [3.8, 4) is 5.75 Å². The summed E-state index contributed by atoms with van der Waals surface area (Å²) in [6.07, 6.45) is -19.4. The SMILES string of the molecule is CCCCOc1ccc(NC(=O)C(C(F)(F)F)(C(F)(F)F)C(F)(F)F)cc1. The van der Waals surface area contributed by atoms with Crippen LogP contribution in [-0.4, -0.2) is 31.0 Å². The van der Waals surface area contributed by atoms with E-state index >= 15 is 0 Å². The number of ether oxygens (including phenoxy) is 1. The van der Waals surface area contributed by atoms with Crippen LogP contribution >= 0.6 is 0 Å². The van der Waals surface area contributed by atoms with Gasteiger partial charge in [-0.05, 0) is 30.7 Å². The number of alkyl halides is 9. The number of halogens is 9. The number of hydrogen-bond acceptors (Lipinski definition) is 2. The van der Waals surface area contributed by atoms with Crippen LogP contribution in [0.4, 0.5) is 45.2 Å². The molecule has 0 atom stereocenters. The number of amides is 1. The van der Waals surface area contributed by atoms with Crippen LogP contribution in [0.3, 0.4) is 0 Å². The summed E-state index contributed by atoms with van der Waals surface area (Å²) in [5, 5.41) is 1.04. The second-order valence-electron chi connectivity index (χ2n) is 5.42. The van der Waals surface area contributed by atoms with Crippen molar-refractivity contribution >= 4 is 11.6 Å². The number of hydrogen-bond donors (Lipinski definition) is 1. The fourth-order valence-electron chi connectivity index (χ4n) is 2.06. The van der Waals surface area contributed by atoms with E-state index in [4.69, 9.17) is 4.74 Å². The summed E-state index contributed by atoms with van der Waals surface area (Å²) in [7, 11) is 0. The second-order valence-corrected chi connectivity index (χ2v) is 5.42. The molecule has 154 valence electrons. The molecule has 0 saturated carbocycles. The highest BCUT2D eigenvalue weighted by Crippen LogP contribution is 2.59. The Labute approximate surface area is 147 Å². The molecule has 0 spiro atoms. The van der Waals surface area contributed by atoms with Crippen LogP contribution in [0.15, 0.2) is 24.3 Å². The van der Waals surface area contributed by atoms with Crippen LogP contribution in [0, 0.1) is 5.41 Å². The molecule has 1 aromatic carbocycles. The van der Waals surface area contributed by atoms with E-state index in [0.717, 1.165) is 36.0 Å². The normalized spacial score (nSPS) is 13.4. The molecule has 27 heavy (non-hydrogen) atoms. The maximum Gasteiger partial charge on any atom is 0.421 e. The van der Waals surface area contributed by atoms with Gasteiger partial charge < -0.3 is 10.1 Å². The van der Waals surface area contributed by atoms with Crippen molar-refractivity contribution in [1.29, 1.82) is 0 Å². The molecule has 0 unspecified atom stereocenters. The minimum Gasteiger partial charge on any atom is -0.494 e. The summed E-state index contributed by atoms with van der Waals surface area (Å²) in [5.41, 5.74) is -7.26. The zero-order valence-corrected chi connectivity index (χ0v) is 13.6. The van der Waals surface area contributed by atoms with Gasteiger partial charge in [0.25, 0.3) is 5.91 Å². The molecule has 0 aromatic heterocycles. The molecule has 0 radical (unpaired) electrons. The first-order valence-electron chi connectivity index (χ1n) is 7.43. The summed E-state index contributed by atoms with van der Waals surface area (Å²) >= 11 is 0. The molecule has 0 aliphatic carbocycles. The Bertz CT molecular complexity index is 597. The van der Waals surface area contributed by atoms with E-state index in [1.807, 2.05) is 6.92 Å². The molecule has 1 rings (SSSR count). The zero-order valence-electron chi connectivity index (χ0n) is 13.6. The lowest BCUT2D eigenvalue weighted by molar-refractivity contribution is -0.405. The number of nitrogens with one attached hydrogen (secondary N) is 1. The second kappa shape index (κ2) is 7.85. The largest absolute Gasteiger partial charge is 0.494 e. The van der Waals surface area contributed by atoms with Crippen molar-refractivity contribution in [3.05, 3.63) is 24.3 Å². The van der Waals surface area contributed by atoms with E-state index in [1.165, 1.54) is 0 Å². The molecular weight excluding hydrogens is 397 g/mol. The van der Waals surface area contributed by atoms with Crippen LogP contribution in [-0.2, 0) is 4.79 Å². The van der Waals surface area contributed by atoms with E-state index in [9.17, 15) is 44.3 Å². The van der Waals surface area contributed by atoms with Crippen molar-refractivity contribution in [1.82, 2.24) is 0 Å². The molecule has 0 bridgehead atoms. The smallest absolute Gasteiger partial charge is 0.421 e. The fourth-order valence-corrected chi connectivity index (χ4v) is 2.06. The summed E-state index contributed by atoms with van der Waals surface area (Å²) in [4.78, 5) is 11.6. The van der Waals surface area contributed by atoms with Gasteiger partial charge in [-0.15, -0.1) is 0 Å². The van der Waals surface area contributed by atoms with Gasteiger partial charge in [0, 0.05) is 5.69 Å². The summed E-state index contributed by atoms with van der Waals surface area (Å²) in [5.74, 6) is -3.12. The molecule has 1 aromatic rings. The van der Waals surface area contributed by atoms with Gasteiger partial charge in [0.05, 0.1) is 6.61 Å². The van der Waals surface area contributed by atoms with E-state index in [-0.39, 0.29) is 12.4 Å². The Morgan fingerprint density at radius 2 is 1.33 bits per heavy atom. The molecule has 12 heteroatoms. The lowest BCUT2D eigenvalue weighted by Gasteiger charge is -2.36. The Morgan fingerprint density at radius 3 is 1.70 bits per heavy atom.